The summed E-state index contributed by atoms with van der Waals surface area (Å²) in [6, 6.07) is 5.83. The van der Waals surface area contributed by atoms with E-state index in [9.17, 15) is 19.2 Å². The highest BCUT2D eigenvalue weighted by molar-refractivity contribution is 5.87. The number of carbonyl (C=O) groups is 4. The van der Waals surface area contributed by atoms with Gasteiger partial charge in [0.15, 0.2) is 0 Å². The van der Waals surface area contributed by atoms with Gasteiger partial charge in [-0.2, -0.15) is 0 Å². The molecular formula is C41H56N8O6. The first-order chi connectivity index (χ1) is 26.3. The summed E-state index contributed by atoms with van der Waals surface area (Å²) in [5.74, 6) is 13.4. The number of hydrogen-bond acceptors (Lipinski definition) is 8. The van der Waals surface area contributed by atoms with Crippen LogP contribution in [0, 0.1) is 41.4 Å². The van der Waals surface area contributed by atoms with E-state index in [-0.39, 0.29) is 42.2 Å². The van der Waals surface area contributed by atoms with Gasteiger partial charge < -0.3 is 39.9 Å². The van der Waals surface area contributed by atoms with Gasteiger partial charge in [0.25, 0.3) is 0 Å². The fourth-order valence-electron chi connectivity index (χ4n) is 6.03. The molecule has 4 amide bonds. The number of rotatable bonds is 11. The molecule has 0 bridgehead atoms. The molecule has 0 aliphatic carbocycles. The molecule has 296 valence electrons. The van der Waals surface area contributed by atoms with Gasteiger partial charge in [0.05, 0.1) is 39.2 Å². The number of benzene rings is 1. The van der Waals surface area contributed by atoms with E-state index in [0.717, 1.165) is 24.0 Å². The fourth-order valence-corrected chi connectivity index (χ4v) is 6.03. The molecule has 4 atom stereocenters. The van der Waals surface area contributed by atoms with Crippen molar-refractivity contribution in [3.8, 4) is 23.7 Å². The van der Waals surface area contributed by atoms with Crippen molar-refractivity contribution in [3.63, 3.8) is 0 Å². The number of aromatic nitrogens is 4. The number of amides is 4. The molecule has 3 aromatic rings. The van der Waals surface area contributed by atoms with E-state index in [1.807, 2.05) is 72.7 Å². The molecule has 1 aliphatic rings. The molecule has 2 aromatic heterocycles. The average molecular weight is 757 g/mol. The lowest BCUT2D eigenvalue weighted by Crippen LogP contribution is -2.51. The van der Waals surface area contributed by atoms with E-state index in [1.54, 1.807) is 22.2 Å². The van der Waals surface area contributed by atoms with E-state index in [4.69, 9.17) is 9.47 Å². The first-order valence-electron chi connectivity index (χ1n) is 18.8. The summed E-state index contributed by atoms with van der Waals surface area (Å²) >= 11 is 0. The van der Waals surface area contributed by atoms with Crippen molar-refractivity contribution in [1.82, 2.24) is 40.4 Å². The van der Waals surface area contributed by atoms with Gasteiger partial charge in [0, 0.05) is 24.2 Å². The summed E-state index contributed by atoms with van der Waals surface area (Å²) in [6.45, 7) is 16.9. The van der Waals surface area contributed by atoms with Crippen LogP contribution in [0.1, 0.15) is 108 Å². The third kappa shape index (κ3) is 12.4. The zero-order valence-electron chi connectivity index (χ0n) is 33.7. The minimum absolute atomic E-state index is 0.125. The molecule has 3 unspecified atom stereocenters. The second-order valence-electron chi connectivity index (χ2n) is 13.8. The van der Waals surface area contributed by atoms with Crippen LogP contribution in [0.2, 0.25) is 0 Å². The Morgan fingerprint density at radius 3 is 1.91 bits per heavy atom. The maximum absolute atomic E-state index is 13.5. The smallest absolute Gasteiger partial charge is 0.407 e. The van der Waals surface area contributed by atoms with E-state index in [2.05, 4.69) is 61.2 Å². The topological polar surface area (TPSA) is 175 Å². The molecule has 4 N–H and O–H groups in total. The van der Waals surface area contributed by atoms with Crippen molar-refractivity contribution < 1.29 is 28.7 Å². The molecule has 55 heavy (non-hydrogen) atoms. The number of aromatic amines is 2. The summed E-state index contributed by atoms with van der Waals surface area (Å²) in [7, 11) is 2.54. The Hall–Kier alpha value is -5.76. The Bertz CT molecular complexity index is 1860. The van der Waals surface area contributed by atoms with Crippen LogP contribution in [0.25, 0.3) is 0 Å². The van der Waals surface area contributed by atoms with Gasteiger partial charge in [-0.25, -0.2) is 19.6 Å². The maximum Gasteiger partial charge on any atom is 0.407 e. The van der Waals surface area contributed by atoms with Crippen molar-refractivity contribution >= 4 is 24.0 Å². The van der Waals surface area contributed by atoms with Gasteiger partial charge >= 0.3 is 12.2 Å². The van der Waals surface area contributed by atoms with Gasteiger partial charge in [-0.05, 0) is 66.7 Å². The van der Waals surface area contributed by atoms with E-state index in [1.165, 1.54) is 14.2 Å². The number of imidazole rings is 2. The number of methoxy groups -OCH3 is 2. The third-order valence-corrected chi connectivity index (χ3v) is 8.83. The first-order valence-corrected chi connectivity index (χ1v) is 18.8. The molecule has 14 nitrogen and oxygen atoms in total. The van der Waals surface area contributed by atoms with Crippen LogP contribution in [0.3, 0.4) is 0 Å². The molecule has 4 rings (SSSR count). The number of likely N-dealkylation sites (tertiary alicyclic amines) is 1. The fraction of sp³-hybridized carbons (Fsp3) is 0.512. The standard InChI is InChI=1S/C39H50N8O6.C2H6/c1-9-18-46(36(48)33(24(2)3)44-38(50)52-7)23-32-40-20-29(42-32)16-14-27-10-12-28(13-11-27)15-17-30-21-41-35(43-30)31-19-26(6)22-47(31)37(49)34(25(4)5)45-39(51)53-8;1-2/h10-13,20-21,24-26,31,33-34H,9,18-19,22-23H2,1-8H3,(H,40,42)(H,41,43)(H,44,50)(H,45,51);1-2H3/t26?,31?,33-,34?;/m0./s1. The van der Waals surface area contributed by atoms with Gasteiger partial charge in [0.2, 0.25) is 11.8 Å². The normalized spacial score (nSPS) is 15.7. The van der Waals surface area contributed by atoms with Crippen molar-refractivity contribution in [1.29, 1.82) is 0 Å². The number of nitrogens with one attached hydrogen (secondary N) is 4. The Labute approximate surface area is 324 Å². The van der Waals surface area contributed by atoms with Crippen molar-refractivity contribution in [2.75, 3.05) is 27.3 Å². The Morgan fingerprint density at radius 2 is 1.38 bits per heavy atom. The molecule has 0 saturated carbocycles. The summed E-state index contributed by atoms with van der Waals surface area (Å²) in [6.07, 6.45) is 3.48. The second-order valence-corrected chi connectivity index (χ2v) is 13.8. The predicted octanol–water partition coefficient (Wildman–Crippen LogP) is 5.37. The molecule has 0 spiro atoms. The van der Waals surface area contributed by atoms with Crippen LogP contribution in [0.5, 0.6) is 0 Å². The monoisotopic (exact) mass is 756 g/mol. The highest BCUT2D eigenvalue weighted by atomic mass is 16.5. The molecule has 1 aliphatic heterocycles. The van der Waals surface area contributed by atoms with Gasteiger partial charge in [-0.1, -0.05) is 67.2 Å². The summed E-state index contributed by atoms with van der Waals surface area (Å²) < 4.78 is 9.44. The summed E-state index contributed by atoms with van der Waals surface area (Å²) in [4.78, 5) is 69.5. The molecular weight excluding hydrogens is 701 g/mol. The van der Waals surface area contributed by atoms with Crippen LogP contribution >= 0.6 is 0 Å². The van der Waals surface area contributed by atoms with E-state index < -0.39 is 24.3 Å². The van der Waals surface area contributed by atoms with Gasteiger partial charge in [-0.15, -0.1) is 0 Å². The van der Waals surface area contributed by atoms with E-state index >= 15 is 0 Å². The lowest BCUT2D eigenvalue weighted by atomic mass is 10.0. The quantitative estimate of drug-likeness (QED) is 0.189. The average Bonchev–Trinajstić information content (AvgIpc) is 3.94. The number of H-pyrrole nitrogens is 2. The molecule has 3 heterocycles. The minimum atomic E-state index is -0.723. The number of hydrogen-bond donors (Lipinski definition) is 4. The molecule has 1 fully saturated rings. The van der Waals surface area contributed by atoms with Crippen LogP contribution in [-0.2, 0) is 25.6 Å². The Kier molecular flexibility index (Phi) is 16.8. The zero-order chi connectivity index (χ0) is 40.7. The minimum Gasteiger partial charge on any atom is -0.453 e. The lowest BCUT2D eigenvalue weighted by molar-refractivity contribution is -0.136. The van der Waals surface area contributed by atoms with Crippen LogP contribution in [0.4, 0.5) is 9.59 Å². The van der Waals surface area contributed by atoms with Crippen LogP contribution in [0.15, 0.2) is 36.7 Å². The molecule has 14 heteroatoms. The first kappa shape index (κ1) is 43.6. The predicted molar refractivity (Wildman–Crippen MR) is 209 cm³/mol. The number of alkyl carbamates (subject to hydrolysis) is 2. The SMILES string of the molecule is CC.CCCN(Cc1ncc(C#Cc2ccc(C#Cc3cnc(C4CC(C)CN4C(=O)C(NC(=O)OC)C(C)C)[nH]3)cc2)[nH]1)C(=O)[C@@H](NC(=O)OC)C(C)C. The van der Waals surface area contributed by atoms with Crippen LogP contribution < -0.4 is 10.6 Å². The largest absolute Gasteiger partial charge is 0.453 e. The summed E-state index contributed by atoms with van der Waals surface area (Å²) in [5, 5.41) is 5.32. The number of ether oxygens (including phenoxy) is 2. The van der Waals surface area contributed by atoms with Gasteiger partial charge in [-0.3, -0.25) is 9.59 Å². The van der Waals surface area contributed by atoms with Crippen molar-refractivity contribution in [3.05, 3.63) is 70.8 Å². The van der Waals surface area contributed by atoms with Crippen molar-refractivity contribution in [2.24, 2.45) is 17.8 Å². The highest BCUT2D eigenvalue weighted by Gasteiger charge is 2.40. The zero-order valence-corrected chi connectivity index (χ0v) is 33.7. The van der Waals surface area contributed by atoms with Gasteiger partial charge in [0.1, 0.15) is 35.1 Å². The highest BCUT2D eigenvalue weighted by Crippen LogP contribution is 2.34. The Balaban J connectivity index is 0.00000399. The molecule has 1 saturated heterocycles. The van der Waals surface area contributed by atoms with Crippen LogP contribution in [-0.4, -0.2) is 93.1 Å². The molecule has 1 aromatic carbocycles. The van der Waals surface area contributed by atoms with Crippen molar-refractivity contribution in [2.45, 2.75) is 92.9 Å². The third-order valence-electron chi connectivity index (χ3n) is 8.83. The number of carbonyl (C=O) groups excluding carboxylic acids is 4. The molecule has 0 radical (unpaired) electrons. The van der Waals surface area contributed by atoms with E-state index in [0.29, 0.717) is 36.1 Å². The lowest BCUT2D eigenvalue weighted by Gasteiger charge is -2.30. The second kappa shape index (κ2) is 21.2. The maximum atomic E-state index is 13.5. The summed E-state index contributed by atoms with van der Waals surface area (Å²) in [5.41, 5.74) is 2.80. The Morgan fingerprint density at radius 1 is 0.855 bits per heavy atom. The number of nitrogens with zero attached hydrogens (tertiary/aromatic N) is 4.